The minimum atomic E-state index is -4.98. The molecule has 1 aromatic carbocycles. The summed E-state index contributed by atoms with van der Waals surface area (Å²) in [5.74, 6) is -5.61. The third-order valence-corrected chi connectivity index (χ3v) is 6.87. The van der Waals surface area contributed by atoms with Crippen LogP contribution in [0.4, 0.5) is 17.6 Å². The maximum absolute atomic E-state index is 14.0. The van der Waals surface area contributed by atoms with Gasteiger partial charge >= 0.3 is 18.1 Å². The van der Waals surface area contributed by atoms with Gasteiger partial charge < -0.3 is 15.5 Å². The molecule has 30 heavy (non-hydrogen) atoms. The Bertz CT molecular complexity index is 847. The van der Waals surface area contributed by atoms with Crippen LogP contribution >= 0.6 is 11.6 Å². The molecule has 3 N–H and O–H groups in total. The Morgan fingerprint density at radius 3 is 2.20 bits per heavy atom. The van der Waals surface area contributed by atoms with Crippen molar-refractivity contribution in [2.45, 2.75) is 51.9 Å². The van der Waals surface area contributed by atoms with Gasteiger partial charge in [0.1, 0.15) is 6.67 Å². The number of hydrogen-bond donors (Lipinski definition) is 3. The minimum absolute atomic E-state index is 0.567. The quantitative estimate of drug-likeness (QED) is 0.568. The summed E-state index contributed by atoms with van der Waals surface area (Å²) < 4.78 is 55.9. The Kier molecular flexibility index (Phi) is 6.50. The van der Waals surface area contributed by atoms with Gasteiger partial charge in [-0.15, -0.1) is 0 Å². The maximum atomic E-state index is 14.0. The highest BCUT2D eigenvalue weighted by Gasteiger charge is 2.68. The van der Waals surface area contributed by atoms with Crippen molar-refractivity contribution in [3.05, 3.63) is 34.3 Å². The number of carbonyl (C=O) groups is 2. The summed E-state index contributed by atoms with van der Waals surface area (Å²) in [6, 6.07) is 0.795. The molecule has 1 fully saturated rings. The van der Waals surface area contributed by atoms with Crippen molar-refractivity contribution >= 4 is 23.5 Å². The predicted octanol–water partition coefficient (Wildman–Crippen LogP) is 4.59. The van der Waals surface area contributed by atoms with E-state index >= 15 is 0 Å². The number of aliphatic carboxylic acids is 2. The SMILES string of the molecule is CC(C)C1(C(=O)O)C(C)NC(CF)C(C)(C(=O)O)C1c1cccc(Cl)c1C(F)(F)F. The molecule has 1 aliphatic heterocycles. The van der Waals surface area contributed by atoms with Gasteiger partial charge in [0.05, 0.1) is 27.5 Å². The number of carboxylic acids is 2. The van der Waals surface area contributed by atoms with Crippen LogP contribution in [0.25, 0.3) is 0 Å². The topological polar surface area (TPSA) is 86.6 Å². The van der Waals surface area contributed by atoms with Gasteiger partial charge in [0.25, 0.3) is 0 Å². The van der Waals surface area contributed by atoms with Gasteiger partial charge in [-0.2, -0.15) is 13.2 Å². The highest BCUT2D eigenvalue weighted by atomic mass is 35.5. The predicted molar refractivity (Wildman–Crippen MR) is 102 cm³/mol. The molecule has 0 aliphatic carbocycles. The first-order valence-corrected chi connectivity index (χ1v) is 9.70. The van der Waals surface area contributed by atoms with E-state index in [1.54, 1.807) is 0 Å². The van der Waals surface area contributed by atoms with Crippen LogP contribution in [0.3, 0.4) is 0 Å². The second kappa shape index (κ2) is 8.00. The lowest BCUT2D eigenvalue weighted by atomic mass is 9.48. The van der Waals surface area contributed by atoms with E-state index in [0.29, 0.717) is 0 Å². The van der Waals surface area contributed by atoms with Crippen molar-refractivity contribution < 1.29 is 37.4 Å². The Hall–Kier alpha value is -1.87. The Labute approximate surface area is 176 Å². The molecule has 168 valence electrons. The number of alkyl halides is 4. The van der Waals surface area contributed by atoms with E-state index in [2.05, 4.69) is 5.32 Å². The molecule has 2 rings (SSSR count). The summed E-state index contributed by atoms with van der Waals surface area (Å²) >= 11 is 5.86. The largest absolute Gasteiger partial charge is 0.481 e. The first-order chi connectivity index (χ1) is 13.7. The zero-order valence-electron chi connectivity index (χ0n) is 16.8. The molecule has 0 bridgehead atoms. The van der Waals surface area contributed by atoms with E-state index in [9.17, 15) is 37.4 Å². The van der Waals surface area contributed by atoms with E-state index in [1.807, 2.05) is 0 Å². The fourth-order valence-corrected chi connectivity index (χ4v) is 5.38. The summed E-state index contributed by atoms with van der Waals surface area (Å²) in [6.07, 6.45) is -4.98. The first-order valence-electron chi connectivity index (χ1n) is 9.32. The molecule has 0 aromatic heterocycles. The molecule has 1 saturated heterocycles. The Balaban J connectivity index is 3.08. The van der Waals surface area contributed by atoms with Gasteiger partial charge in [-0.3, -0.25) is 9.59 Å². The third-order valence-electron chi connectivity index (χ3n) is 6.55. The van der Waals surface area contributed by atoms with Crippen LogP contribution in [0.15, 0.2) is 18.2 Å². The van der Waals surface area contributed by atoms with Gasteiger partial charge in [-0.05, 0) is 31.4 Å². The lowest BCUT2D eigenvalue weighted by Gasteiger charge is -2.58. The van der Waals surface area contributed by atoms with Gasteiger partial charge in [-0.25, -0.2) is 4.39 Å². The van der Waals surface area contributed by atoms with Crippen molar-refractivity contribution in [1.82, 2.24) is 5.32 Å². The average molecular weight is 454 g/mol. The molecule has 5 nitrogen and oxygen atoms in total. The number of halogens is 5. The standard InChI is InChI=1S/C20H24ClF4NO4/c1-9(2)19(17(29)30)10(3)26-13(8-22)18(4,16(27)28)15(19)11-6-5-7-12(21)14(11)20(23,24)25/h5-7,9-10,13,15,26H,8H2,1-4H3,(H,27,28)(H,29,30). The molecule has 5 unspecified atom stereocenters. The van der Waals surface area contributed by atoms with Crippen LogP contribution in [0.1, 0.15) is 44.7 Å². The van der Waals surface area contributed by atoms with Crippen LogP contribution in [0.5, 0.6) is 0 Å². The average Bonchev–Trinajstić information content (AvgIpc) is 2.60. The molecule has 1 aliphatic rings. The fourth-order valence-electron chi connectivity index (χ4n) is 5.09. The molecule has 0 radical (unpaired) electrons. The maximum Gasteiger partial charge on any atom is 0.418 e. The lowest BCUT2D eigenvalue weighted by molar-refractivity contribution is -0.178. The number of hydrogen-bond acceptors (Lipinski definition) is 3. The second-order valence-corrected chi connectivity index (χ2v) is 8.62. The van der Waals surface area contributed by atoms with Crippen LogP contribution in [-0.4, -0.2) is 40.9 Å². The Morgan fingerprint density at radius 1 is 1.23 bits per heavy atom. The molecule has 1 heterocycles. The number of rotatable bonds is 5. The van der Waals surface area contributed by atoms with E-state index in [4.69, 9.17) is 11.6 Å². The highest BCUT2D eigenvalue weighted by Crippen LogP contribution is 2.60. The van der Waals surface area contributed by atoms with E-state index in [-0.39, 0.29) is 0 Å². The summed E-state index contributed by atoms with van der Waals surface area (Å²) in [7, 11) is 0. The van der Waals surface area contributed by atoms with E-state index in [0.717, 1.165) is 19.1 Å². The first kappa shape index (κ1) is 24.4. The monoisotopic (exact) mass is 453 g/mol. The summed E-state index contributed by atoms with van der Waals surface area (Å²) in [4.78, 5) is 25.0. The molecular weight excluding hydrogens is 430 g/mol. The summed E-state index contributed by atoms with van der Waals surface area (Å²) in [5, 5.41) is 22.3. The Morgan fingerprint density at radius 2 is 1.80 bits per heavy atom. The highest BCUT2D eigenvalue weighted by molar-refractivity contribution is 6.31. The zero-order valence-corrected chi connectivity index (χ0v) is 17.6. The zero-order chi connectivity index (χ0) is 23.2. The molecule has 0 spiro atoms. The van der Waals surface area contributed by atoms with Gasteiger partial charge in [0, 0.05) is 12.0 Å². The van der Waals surface area contributed by atoms with Crippen LogP contribution in [-0.2, 0) is 15.8 Å². The molecule has 10 heteroatoms. The molecule has 0 amide bonds. The minimum Gasteiger partial charge on any atom is -0.481 e. The van der Waals surface area contributed by atoms with Crippen LogP contribution < -0.4 is 5.32 Å². The van der Waals surface area contributed by atoms with E-state index in [1.165, 1.54) is 26.8 Å². The van der Waals surface area contributed by atoms with Gasteiger partial charge in [0.15, 0.2) is 0 Å². The van der Waals surface area contributed by atoms with Crippen molar-refractivity contribution in [3.63, 3.8) is 0 Å². The lowest BCUT2D eigenvalue weighted by Crippen LogP contribution is -2.71. The van der Waals surface area contributed by atoms with Crippen molar-refractivity contribution in [1.29, 1.82) is 0 Å². The van der Waals surface area contributed by atoms with Crippen LogP contribution in [0.2, 0.25) is 5.02 Å². The third kappa shape index (κ3) is 3.36. The number of carboxylic acid groups (broad SMARTS) is 2. The normalized spacial score (nSPS) is 32.3. The fraction of sp³-hybridized carbons (Fsp3) is 0.600. The molecular formula is C20H24ClF4NO4. The van der Waals surface area contributed by atoms with Gasteiger partial charge in [0.2, 0.25) is 0 Å². The number of benzene rings is 1. The van der Waals surface area contributed by atoms with Crippen molar-refractivity contribution in [2.24, 2.45) is 16.7 Å². The number of piperidine rings is 1. The molecule has 0 saturated carbocycles. The van der Waals surface area contributed by atoms with Crippen molar-refractivity contribution in [2.75, 3.05) is 6.67 Å². The number of nitrogens with one attached hydrogen (secondary N) is 1. The smallest absolute Gasteiger partial charge is 0.418 e. The molecule has 5 atom stereocenters. The van der Waals surface area contributed by atoms with E-state index < -0.39 is 75.7 Å². The summed E-state index contributed by atoms with van der Waals surface area (Å²) in [5.41, 5.74) is -6.08. The molecule has 1 aromatic rings. The van der Waals surface area contributed by atoms with Gasteiger partial charge in [-0.1, -0.05) is 37.6 Å². The summed E-state index contributed by atoms with van der Waals surface area (Å²) in [6.45, 7) is 4.29. The van der Waals surface area contributed by atoms with Crippen molar-refractivity contribution in [3.8, 4) is 0 Å². The van der Waals surface area contributed by atoms with Crippen LogP contribution in [0, 0.1) is 16.7 Å². The second-order valence-electron chi connectivity index (χ2n) is 8.21.